The molecule has 0 amide bonds. The maximum absolute atomic E-state index is 9.98. The number of aliphatic hydroxyl groups is 1. The Morgan fingerprint density at radius 3 is 2.69 bits per heavy atom. The highest BCUT2D eigenvalue weighted by Crippen LogP contribution is 2.23. The zero-order valence-electron chi connectivity index (χ0n) is 9.56. The van der Waals surface area contributed by atoms with Crippen LogP contribution in [0.1, 0.15) is 26.2 Å². The van der Waals surface area contributed by atoms with Crippen LogP contribution in [-0.4, -0.2) is 33.8 Å². The molecule has 0 aliphatic carbocycles. The minimum absolute atomic E-state index is 0.553. The molecular weight excluding hydrogens is 204 g/mol. The third kappa shape index (κ3) is 2.61. The van der Waals surface area contributed by atoms with E-state index in [4.69, 9.17) is 5.73 Å². The molecule has 1 aliphatic heterocycles. The molecule has 2 rings (SSSR count). The van der Waals surface area contributed by atoms with Crippen LogP contribution in [0.25, 0.3) is 0 Å². The summed E-state index contributed by atoms with van der Waals surface area (Å²) in [6, 6.07) is 0. The zero-order valence-corrected chi connectivity index (χ0v) is 9.56. The maximum atomic E-state index is 9.98. The van der Waals surface area contributed by atoms with E-state index in [1.54, 1.807) is 12.4 Å². The molecule has 0 radical (unpaired) electrons. The van der Waals surface area contributed by atoms with Crippen molar-refractivity contribution in [2.45, 2.75) is 31.8 Å². The summed E-state index contributed by atoms with van der Waals surface area (Å²) in [5.41, 5.74) is 5.57. The van der Waals surface area contributed by atoms with Gasteiger partial charge in [-0.15, -0.1) is 0 Å². The van der Waals surface area contributed by atoms with Gasteiger partial charge in [-0.25, -0.2) is 9.97 Å². The zero-order chi connectivity index (χ0) is 11.6. The highest BCUT2D eigenvalue weighted by Gasteiger charge is 2.25. The van der Waals surface area contributed by atoms with E-state index in [0.29, 0.717) is 11.6 Å². The van der Waals surface area contributed by atoms with Crippen LogP contribution in [0.15, 0.2) is 12.4 Å². The number of hydrogen-bond donors (Lipinski definition) is 2. The van der Waals surface area contributed by atoms with E-state index in [0.717, 1.165) is 32.4 Å². The predicted octanol–water partition coefficient (Wildman–Crippen LogP) is 0.800. The lowest BCUT2D eigenvalue weighted by atomic mass is 9.98. The Bertz CT molecular complexity index is 350. The van der Waals surface area contributed by atoms with Crippen LogP contribution in [0.2, 0.25) is 0 Å². The molecule has 1 aromatic heterocycles. The molecule has 1 aliphatic rings. The Morgan fingerprint density at radius 1 is 1.31 bits per heavy atom. The van der Waals surface area contributed by atoms with Crippen LogP contribution in [0.5, 0.6) is 0 Å². The molecule has 5 heteroatoms. The Balaban J connectivity index is 2.08. The van der Waals surface area contributed by atoms with Gasteiger partial charge in [0.05, 0.1) is 23.7 Å². The first-order chi connectivity index (χ1) is 7.57. The van der Waals surface area contributed by atoms with Crippen molar-refractivity contribution in [3.8, 4) is 0 Å². The molecule has 88 valence electrons. The number of nitrogens with zero attached hydrogens (tertiary/aromatic N) is 3. The van der Waals surface area contributed by atoms with Crippen LogP contribution in [-0.2, 0) is 0 Å². The van der Waals surface area contributed by atoms with Crippen LogP contribution < -0.4 is 10.6 Å². The van der Waals surface area contributed by atoms with Crippen LogP contribution >= 0.6 is 0 Å². The second-order valence-electron chi connectivity index (χ2n) is 4.65. The van der Waals surface area contributed by atoms with Crippen molar-refractivity contribution < 1.29 is 5.11 Å². The Labute approximate surface area is 95.3 Å². The fraction of sp³-hybridized carbons (Fsp3) is 0.636. The van der Waals surface area contributed by atoms with Crippen LogP contribution in [0, 0.1) is 0 Å². The average Bonchev–Trinajstić information content (AvgIpc) is 2.41. The second-order valence-corrected chi connectivity index (χ2v) is 4.65. The summed E-state index contributed by atoms with van der Waals surface area (Å²) in [6.07, 6.45) is 5.77. The lowest BCUT2D eigenvalue weighted by molar-refractivity contribution is 0.0481. The predicted molar refractivity (Wildman–Crippen MR) is 63.1 cm³/mol. The normalized spacial score (nSPS) is 26.5. The molecule has 1 unspecified atom stereocenters. The van der Waals surface area contributed by atoms with Gasteiger partial charge in [-0.2, -0.15) is 0 Å². The molecule has 3 N–H and O–H groups in total. The monoisotopic (exact) mass is 222 g/mol. The van der Waals surface area contributed by atoms with Crippen molar-refractivity contribution >= 4 is 11.6 Å². The number of nitrogen functional groups attached to an aromatic ring is 1. The van der Waals surface area contributed by atoms with Crippen molar-refractivity contribution in [2.24, 2.45) is 0 Å². The summed E-state index contributed by atoms with van der Waals surface area (Å²) in [5.74, 6) is 0.701. The van der Waals surface area contributed by atoms with E-state index in [2.05, 4.69) is 14.9 Å². The average molecular weight is 222 g/mol. The molecule has 0 aromatic carbocycles. The highest BCUT2D eigenvalue weighted by molar-refractivity contribution is 5.37. The standard InChI is InChI=1S/C11H18N4O/c1-11(16)3-2-5-15(6-4-11)10-13-7-9(12)8-14-10/h7-8,16H,2-6,12H2,1H3. The molecule has 1 saturated heterocycles. The minimum Gasteiger partial charge on any atom is -0.396 e. The fourth-order valence-electron chi connectivity index (χ4n) is 1.96. The van der Waals surface area contributed by atoms with E-state index in [1.807, 2.05) is 6.92 Å². The summed E-state index contributed by atoms with van der Waals surface area (Å²) in [6.45, 7) is 3.57. The van der Waals surface area contributed by atoms with Crippen molar-refractivity contribution in [1.29, 1.82) is 0 Å². The number of rotatable bonds is 1. The smallest absolute Gasteiger partial charge is 0.225 e. The summed E-state index contributed by atoms with van der Waals surface area (Å²) in [4.78, 5) is 10.5. The fourth-order valence-corrected chi connectivity index (χ4v) is 1.96. The first-order valence-corrected chi connectivity index (χ1v) is 5.62. The van der Waals surface area contributed by atoms with Crippen LogP contribution in [0.4, 0.5) is 11.6 Å². The third-order valence-electron chi connectivity index (χ3n) is 3.00. The van der Waals surface area contributed by atoms with E-state index in [-0.39, 0.29) is 0 Å². The molecule has 1 aromatic rings. The molecule has 1 atom stereocenters. The van der Waals surface area contributed by atoms with Gasteiger partial charge in [0.25, 0.3) is 0 Å². The summed E-state index contributed by atoms with van der Waals surface area (Å²) in [5, 5.41) is 9.98. The summed E-state index contributed by atoms with van der Waals surface area (Å²) < 4.78 is 0. The van der Waals surface area contributed by atoms with Crippen LogP contribution in [0.3, 0.4) is 0 Å². The van der Waals surface area contributed by atoms with Crippen molar-refractivity contribution in [1.82, 2.24) is 9.97 Å². The SMILES string of the molecule is CC1(O)CCCN(c2ncc(N)cn2)CC1. The maximum Gasteiger partial charge on any atom is 0.225 e. The first-order valence-electron chi connectivity index (χ1n) is 5.62. The molecule has 0 spiro atoms. The van der Waals surface area contributed by atoms with E-state index < -0.39 is 5.60 Å². The quantitative estimate of drug-likeness (QED) is 0.735. The number of anilines is 2. The summed E-state index contributed by atoms with van der Waals surface area (Å²) >= 11 is 0. The van der Waals surface area contributed by atoms with Gasteiger partial charge in [0.15, 0.2) is 0 Å². The van der Waals surface area contributed by atoms with Gasteiger partial charge in [0.2, 0.25) is 5.95 Å². The van der Waals surface area contributed by atoms with Gasteiger partial charge in [0.1, 0.15) is 0 Å². The Morgan fingerprint density at radius 2 is 2.00 bits per heavy atom. The Hall–Kier alpha value is -1.36. The molecule has 16 heavy (non-hydrogen) atoms. The second kappa shape index (κ2) is 4.25. The highest BCUT2D eigenvalue weighted by atomic mass is 16.3. The molecule has 1 fully saturated rings. The lowest BCUT2D eigenvalue weighted by Gasteiger charge is -2.22. The van der Waals surface area contributed by atoms with Gasteiger partial charge in [-0.3, -0.25) is 0 Å². The van der Waals surface area contributed by atoms with E-state index in [9.17, 15) is 5.11 Å². The lowest BCUT2D eigenvalue weighted by Crippen LogP contribution is -2.29. The number of aromatic nitrogens is 2. The van der Waals surface area contributed by atoms with Gasteiger partial charge in [-0.1, -0.05) is 0 Å². The first kappa shape index (κ1) is 11.1. The van der Waals surface area contributed by atoms with E-state index >= 15 is 0 Å². The Kier molecular flexibility index (Phi) is 2.96. The molecule has 0 bridgehead atoms. The number of nitrogens with two attached hydrogens (primary N) is 1. The minimum atomic E-state index is -0.553. The van der Waals surface area contributed by atoms with Gasteiger partial charge in [0, 0.05) is 13.1 Å². The largest absolute Gasteiger partial charge is 0.396 e. The number of hydrogen-bond acceptors (Lipinski definition) is 5. The molecule has 2 heterocycles. The van der Waals surface area contributed by atoms with Crippen molar-refractivity contribution in [2.75, 3.05) is 23.7 Å². The van der Waals surface area contributed by atoms with Gasteiger partial charge in [-0.05, 0) is 26.2 Å². The summed E-state index contributed by atoms with van der Waals surface area (Å²) in [7, 11) is 0. The van der Waals surface area contributed by atoms with Gasteiger partial charge >= 0.3 is 0 Å². The van der Waals surface area contributed by atoms with Crippen molar-refractivity contribution in [3.05, 3.63) is 12.4 Å². The van der Waals surface area contributed by atoms with E-state index in [1.165, 1.54) is 0 Å². The molecular formula is C11H18N4O. The van der Waals surface area contributed by atoms with Crippen molar-refractivity contribution in [3.63, 3.8) is 0 Å². The third-order valence-corrected chi connectivity index (χ3v) is 3.00. The molecule has 5 nitrogen and oxygen atoms in total. The molecule has 0 saturated carbocycles. The van der Waals surface area contributed by atoms with Gasteiger partial charge < -0.3 is 15.7 Å². The topological polar surface area (TPSA) is 75.3 Å².